The molecule has 4 amide bonds. The Morgan fingerprint density at radius 1 is 1.17 bits per heavy atom. The van der Waals surface area contributed by atoms with Crippen molar-refractivity contribution in [1.82, 2.24) is 29.9 Å². The molecule has 0 aliphatic carbocycles. The number of carbonyl (C=O) groups excluding carboxylic acids is 5. The lowest BCUT2D eigenvalue weighted by Gasteiger charge is -2.23. The number of aromatic nitrogens is 4. The number of hydrogen-bond acceptors (Lipinski definition) is 10. The number of rotatable bonds is 7. The highest BCUT2D eigenvalue weighted by Gasteiger charge is 2.36. The maximum atomic E-state index is 12.8. The van der Waals surface area contributed by atoms with Gasteiger partial charge in [-0.15, -0.1) is 5.06 Å². The van der Waals surface area contributed by atoms with E-state index in [1.54, 1.807) is 20.8 Å². The summed E-state index contributed by atoms with van der Waals surface area (Å²) in [5, 5.41) is 5.12. The maximum Gasteiger partial charge on any atom is 0.408 e. The highest BCUT2D eigenvalue weighted by molar-refractivity contribution is 6.01. The van der Waals surface area contributed by atoms with Crippen molar-refractivity contribution in [1.29, 1.82) is 0 Å². The first-order chi connectivity index (χ1) is 16.3. The van der Waals surface area contributed by atoms with Crippen LogP contribution in [0, 0.1) is 0 Å². The molecule has 3 rings (SSSR count). The van der Waals surface area contributed by atoms with Gasteiger partial charge in [0.15, 0.2) is 11.2 Å². The van der Waals surface area contributed by atoms with E-state index in [1.807, 2.05) is 0 Å². The molecule has 0 unspecified atom stereocenters. The van der Waals surface area contributed by atoms with Crippen LogP contribution in [-0.4, -0.2) is 66.0 Å². The van der Waals surface area contributed by atoms with Crippen LogP contribution < -0.4 is 16.2 Å². The number of aryl methyl sites for hydroxylation is 1. The molecule has 1 aliphatic rings. The highest BCUT2D eigenvalue weighted by atomic mass is 16.7. The number of hydroxylamine groups is 2. The van der Waals surface area contributed by atoms with Gasteiger partial charge in [-0.2, -0.15) is 4.98 Å². The van der Waals surface area contributed by atoms with E-state index in [0.717, 1.165) is 0 Å². The number of fused-ring (bicyclic) bond motifs is 1. The summed E-state index contributed by atoms with van der Waals surface area (Å²) in [6.45, 7) is 6.15. The Labute approximate surface area is 198 Å². The van der Waals surface area contributed by atoms with Crippen LogP contribution in [0.15, 0.2) is 11.1 Å². The zero-order valence-corrected chi connectivity index (χ0v) is 19.5. The second-order valence-corrected chi connectivity index (χ2v) is 8.69. The average Bonchev–Trinajstić information content (AvgIpc) is 3.27. The molecule has 15 nitrogen and oxygen atoms in total. The molecule has 2 aromatic heterocycles. The maximum absolute atomic E-state index is 12.8. The smallest absolute Gasteiger partial charge is 0.408 e. The van der Waals surface area contributed by atoms with E-state index in [4.69, 9.17) is 9.57 Å². The number of amides is 4. The molecule has 0 radical (unpaired) electrons. The van der Waals surface area contributed by atoms with Gasteiger partial charge in [0.05, 0.1) is 6.33 Å². The van der Waals surface area contributed by atoms with Gasteiger partial charge in [0.25, 0.3) is 17.4 Å². The molecule has 2 aromatic rings. The highest BCUT2D eigenvalue weighted by Crippen LogP contribution is 2.15. The van der Waals surface area contributed by atoms with Crippen LogP contribution in [0.5, 0.6) is 0 Å². The Bertz CT molecular complexity index is 1230. The fourth-order valence-corrected chi connectivity index (χ4v) is 3.12. The first-order valence-electron chi connectivity index (χ1n) is 10.6. The fraction of sp³-hybridized carbons (Fsp3) is 0.500. The first kappa shape index (κ1) is 25.3. The minimum absolute atomic E-state index is 0.00389. The number of aromatic amines is 1. The zero-order chi connectivity index (χ0) is 25.9. The van der Waals surface area contributed by atoms with E-state index in [9.17, 15) is 28.8 Å². The molecular weight excluding hydrogens is 466 g/mol. The third-order valence-corrected chi connectivity index (χ3v) is 4.59. The van der Waals surface area contributed by atoms with Gasteiger partial charge in [-0.3, -0.25) is 29.5 Å². The van der Waals surface area contributed by atoms with Crippen LogP contribution in [0.3, 0.4) is 0 Å². The van der Waals surface area contributed by atoms with E-state index in [0.29, 0.717) is 5.06 Å². The van der Waals surface area contributed by atoms with Gasteiger partial charge in [-0.05, 0) is 27.2 Å². The summed E-state index contributed by atoms with van der Waals surface area (Å²) in [4.78, 5) is 87.7. The summed E-state index contributed by atoms with van der Waals surface area (Å²) in [5.41, 5.74) is -1.34. The number of nitrogens with zero attached hydrogens (tertiary/aromatic N) is 4. The third-order valence-electron chi connectivity index (χ3n) is 4.59. The Kier molecular flexibility index (Phi) is 7.17. The average molecular weight is 491 g/mol. The number of carbonyl (C=O) groups is 5. The predicted molar refractivity (Wildman–Crippen MR) is 117 cm³/mol. The molecule has 35 heavy (non-hydrogen) atoms. The van der Waals surface area contributed by atoms with Crippen LogP contribution in [0.2, 0.25) is 0 Å². The first-order valence-corrected chi connectivity index (χ1v) is 10.6. The lowest BCUT2D eigenvalue weighted by molar-refractivity contribution is -0.199. The molecular formula is C20H25N7O8. The topological polar surface area (TPSA) is 195 Å². The lowest BCUT2D eigenvalue weighted by atomic mass is 10.2. The van der Waals surface area contributed by atoms with Gasteiger partial charge >= 0.3 is 12.1 Å². The number of H-pyrrole nitrogens is 1. The van der Waals surface area contributed by atoms with Crippen molar-refractivity contribution < 1.29 is 33.5 Å². The molecule has 15 heteroatoms. The third kappa shape index (κ3) is 6.39. The molecule has 0 spiro atoms. The second kappa shape index (κ2) is 9.90. The molecule has 1 saturated heterocycles. The van der Waals surface area contributed by atoms with Crippen LogP contribution in [0.4, 0.5) is 10.7 Å². The summed E-state index contributed by atoms with van der Waals surface area (Å²) >= 11 is 0. The zero-order valence-electron chi connectivity index (χ0n) is 19.5. The standard InChI is InChI=1S/C20H25N7O8/c1-10(28)22-18-24-15-14(16(31)25-18)21-9-26(15)8-7-11(23-19(33)34-20(2,3)4)17(32)35-27-12(29)5-6-13(27)30/h9,11H,5-8H2,1-4H3,(H,23,33)(H2,22,24,25,28,31)/t11-/m0/s1. The van der Waals surface area contributed by atoms with Gasteiger partial charge in [0.2, 0.25) is 11.9 Å². The minimum Gasteiger partial charge on any atom is -0.444 e. The van der Waals surface area contributed by atoms with Crippen LogP contribution in [-0.2, 0) is 35.3 Å². The number of hydrogen-bond donors (Lipinski definition) is 3. The Hall–Kier alpha value is -4.30. The van der Waals surface area contributed by atoms with E-state index in [2.05, 4.69) is 25.6 Å². The van der Waals surface area contributed by atoms with Crippen molar-refractivity contribution in [2.24, 2.45) is 0 Å². The fourth-order valence-electron chi connectivity index (χ4n) is 3.12. The van der Waals surface area contributed by atoms with Gasteiger partial charge in [0, 0.05) is 26.3 Å². The second-order valence-electron chi connectivity index (χ2n) is 8.69. The van der Waals surface area contributed by atoms with Crippen molar-refractivity contribution in [2.75, 3.05) is 5.32 Å². The largest absolute Gasteiger partial charge is 0.444 e. The molecule has 188 valence electrons. The van der Waals surface area contributed by atoms with Crippen LogP contribution >= 0.6 is 0 Å². The summed E-state index contributed by atoms with van der Waals surface area (Å²) in [6, 6.07) is -1.33. The predicted octanol–water partition coefficient (Wildman–Crippen LogP) is -0.0314. The minimum atomic E-state index is -1.33. The van der Waals surface area contributed by atoms with Crippen LogP contribution in [0.1, 0.15) is 47.0 Å². The van der Waals surface area contributed by atoms with E-state index in [-0.39, 0.29) is 42.9 Å². The Morgan fingerprint density at radius 2 is 1.83 bits per heavy atom. The van der Waals surface area contributed by atoms with Gasteiger partial charge in [0.1, 0.15) is 11.6 Å². The number of ether oxygens (including phenoxy) is 1. The molecule has 3 N–H and O–H groups in total. The van der Waals surface area contributed by atoms with Gasteiger partial charge < -0.3 is 19.5 Å². The number of nitrogens with one attached hydrogen (secondary N) is 3. The molecule has 3 heterocycles. The monoisotopic (exact) mass is 491 g/mol. The molecule has 0 bridgehead atoms. The summed E-state index contributed by atoms with van der Waals surface area (Å²) in [5.74, 6) is -2.95. The number of alkyl carbamates (subject to hydrolysis) is 1. The van der Waals surface area contributed by atoms with Crippen LogP contribution in [0.25, 0.3) is 11.2 Å². The van der Waals surface area contributed by atoms with E-state index >= 15 is 0 Å². The molecule has 1 fully saturated rings. The Morgan fingerprint density at radius 3 is 2.43 bits per heavy atom. The number of anilines is 1. The van der Waals surface area contributed by atoms with Crippen molar-refractivity contribution in [3.63, 3.8) is 0 Å². The number of imide groups is 1. The quantitative estimate of drug-likeness (QED) is 0.442. The van der Waals surface area contributed by atoms with E-state index in [1.165, 1.54) is 17.8 Å². The van der Waals surface area contributed by atoms with Crippen molar-refractivity contribution in [3.8, 4) is 0 Å². The SMILES string of the molecule is CC(=O)Nc1nc2c(ncn2CC[C@H](NC(=O)OC(C)(C)C)C(=O)ON2C(=O)CCC2=O)c(=O)[nH]1. The van der Waals surface area contributed by atoms with Crippen molar-refractivity contribution >= 4 is 46.9 Å². The number of imidazole rings is 1. The van der Waals surface area contributed by atoms with Gasteiger partial charge in [-0.1, -0.05) is 0 Å². The van der Waals surface area contributed by atoms with Crippen molar-refractivity contribution in [2.45, 2.75) is 65.1 Å². The summed E-state index contributed by atoms with van der Waals surface area (Å²) in [6.07, 6.45) is 0.0939. The Balaban J connectivity index is 1.81. The molecule has 1 atom stereocenters. The summed E-state index contributed by atoms with van der Waals surface area (Å²) < 4.78 is 6.61. The lowest BCUT2D eigenvalue weighted by Crippen LogP contribution is -2.47. The summed E-state index contributed by atoms with van der Waals surface area (Å²) in [7, 11) is 0. The van der Waals surface area contributed by atoms with Gasteiger partial charge in [-0.25, -0.2) is 14.6 Å². The molecule has 0 aromatic carbocycles. The molecule has 1 aliphatic heterocycles. The molecule has 0 saturated carbocycles. The van der Waals surface area contributed by atoms with E-state index < -0.39 is 47.0 Å². The normalized spacial score (nSPS) is 14.7. The van der Waals surface area contributed by atoms with Crippen molar-refractivity contribution in [3.05, 3.63) is 16.7 Å².